The zero-order valence-corrected chi connectivity index (χ0v) is 12.3. The maximum atomic E-state index is 13.3. The summed E-state index contributed by atoms with van der Waals surface area (Å²) in [5.74, 6) is 0.357. The van der Waals surface area contributed by atoms with Crippen molar-refractivity contribution in [2.75, 3.05) is 0 Å². The molecule has 102 valence electrons. The summed E-state index contributed by atoms with van der Waals surface area (Å²) in [5.41, 5.74) is 2.13. The molecule has 3 aromatic rings. The Labute approximate surface area is 129 Å². The van der Waals surface area contributed by atoms with Crippen molar-refractivity contribution in [3.63, 3.8) is 0 Å². The molecule has 0 aliphatic carbocycles. The molecule has 0 N–H and O–H groups in total. The second kappa shape index (κ2) is 5.24. The molecule has 0 aliphatic rings. The molecule has 0 amide bonds. The fourth-order valence-electron chi connectivity index (χ4n) is 2.13. The average molecular weight is 330 g/mol. The second-order valence-corrected chi connectivity index (χ2v) is 5.28. The Kier molecular flexibility index (Phi) is 3.59. The zero-order valence-electron chi connectivity index (χ0n) is 10.1. The van der Waals surface area contributed by atoms with Gasteiger partial charge in [-0.1, -0.05) is 29.3 Å². The number of nitrogens with zero attached hydrogens (tertiary/aromatic N) is 2. The van der Waals surface area contributed by atoms with Crippen LogP contribution in [0, 0.1) is 5.82 Å². The van der Waals surface area contributed by atoms with Crippen LogP contribution in [0.3, 0.4) is 0 Å². The minimum Gasteiger partial charge on any atom is -0.294 e. The predicted molar refractivity (Wildman–Crippen MR) is 80.6 cm³/mol. The summed E-state index contributed by atoms with van der Waals surface area (Å²) in [6.07, 6.45) is 0. The molecule has 0 saturated heterocycles. The fourth-order valence-corrected chi connectivity index (χ4v) is 2.73. The number of benzene rings is 2. The summed E-state index contributed by atoms with van der Waals surface area (Å²) >= 11 is 18.0. The molecule has 6 heteroatoms. The average Bonchev–Trinajstić information content (AvgIpc) is 2.82. The Morgan fingerprint density at radius 2 is 1.90 bits per heavy atom. The van der Waals surface area contributed by atoms with Crippen LogP contribution >= 0.6 is 34.8 Å². The molecule has 0 saturated carbocycles. The molecule has 0 fully saturated rings. The van der Waals surface area contributed by atoms with E-state index in [0.717, 1.165) is 11.0 Å². The lowest BCUT2D eigenvalue weighted by Gasteiger charge is -2.09. The van der Waals surface area contributed by atoms with Gasteiger partial charge in [0.15, 0.2) is 0 Å². The smallest absolute Gasteiger partial charge is 0.141 e. The predicted octanol–water partition coefficient (Wildman–Crippen LogP) is 5.21. The third-order valence-electron chi connectivity index (χ3n) is 2.98. The minimum absolute atomic E-state index is 0.0388. The summed E-state index contributed by atoms with van der Waals surface area (Å²) < 4.78 is 15.1. The van der Waals surface area contributed by atoms with Crippen LogP contribution in [0.25, 0.3) is 16.7 Å². The number of alkyl halides is 1. The summed E-state index contributed by atoms with van der Waals surface area (Å²) in [4.78, 5) is 4.43. The number of aromatic nitrogens is 2. The van der Waals surface area contributed by atoms with E-state index in [4.69, 9.17) is 34.8 Å². The van der Waals surface area contributed by atoms with Crippen LogP contribution < -0.4 is 0 Å². The quantitative estimate of drug-likeness (QED) is 0.590. The number of hydrogen-bond donors (Lipinski definition) is 0. The van der Waals surface area contributed by atoms with Gasteiger partial charge in [0.25, 0.3) is 0 Å². The molecule has 20 heavy (non-hydrogen) atoms. The number of fused-ring (bicyclic) bond motifs is 1. The van der Waals surface area contributed by atoms with Gasteiger partial charge in [-0.25, -0.2) is 9.37 Å². The van der Waals surface area contributed by atoms with Gasteiger partial charge >= 0.3 is 0 Å². The Morgan fingerprint density at radius 1 is 1.10 bits per heavy atom. The van der Waals surface area contributed by atoms with Crippen molar-refractivity contribution in [3.05, 3.63) is 58.1 Å². The molecule has 1 aromatic heterocycles. The van der Waals surface area contributed by atoms with Gasteiger partial charge in [0.05, 0.1) is 27.0 Å². The molecule has 0 aliphatic heterocycles. The Balaban J connectivity index is 2.36. The van der Waals surface area contributed by atoms with E-state index in [1.807, 2.05) is 12.1 Å². The van der Waals surface area contributed by atoms with Crippen molar-refractivity contribution >= 4 is 45.8 Å². The summed E-state index contributed by atoms with van der Waals surface area (Å²) in [6, 6.07) is 9.87. The first-order valence-corrected chi connectivity index (χ1v) is 7.08. The Bertz CT molecular complexity index is 798. The summed E-state index contributed by atoms with van der Waals surface area (Å²) in [5, 5.41) is 0.587. The first kappa shape index (κ1) is 13.7. The van der Waals surface area contributed by atoms with Crippen LogP contribution in [0.15, 0.2) is 36.4 Å². The first-order valence-electron chi connectivity index (χ1n) is 5.79. The van der Waals surface area contributed by atoms with E-state index < -0.39 is 5.82 Å². The topological polar surface area (TPSA) is 17.8 Å². The van der Waals surface area contributed by atoms with E-state index >= 15 is 0 Å². The fraction of sp³-hybridized carbons (Fsp3) is 0.0714. The van der Waals surface area contributed by atoms with Gasteiger partial charge < -0.3 is 0 Å². The van der Waals surface area contributed by atoms with Crippen molar-refractivity contribution in [2.45, 2.75) is 5.88 Å². The third-order valence-corrected chi connectivity index (χ3v) is 3.81. The minimum atomic E-state index is -0.474. The monoisotopic (exact) mass is 328 g/mol. The summed E-state index contributed by atoms with van der Waals surface area (Å²) in [6.45, 7) is 0. The van der Waals surface area contributed by atoms with Gasteiger partial charge in [0, 0.05) is 5.69 Å². The standard InChI is InChI=1S/C14H8Cl3FN2/c15-7-13-19-12-3-1-2-9(16)14(12)20(13)8-4-5-11(18)10(17)6-8/h1-6H,7H2. The molecule has 3 rings (SSSR count). The van der Waals surface area contributed by atoms with E-state index in [2.05, 4.69) is 4.98 Å². The van der Waals surface area contributed by atoms with Crippen LogP contribution in [0.1, 0.15) is 5.82 Å². The summed E-state index contributed by atoms with van der Waals surface area (Å²) in [7, 11) is 0. The normalized spacial score (nSPS) is 11.2. The maximum Gasteiger partial charge on any atom is 0.141 e. The highest BCUT2D eigenvalue weighted by Gasteiger charge is 2.15. The third kappa shape index (κ3) is 2.16. The van der Waals surface area contributed by atoms with Crippen LogP contribution in [0.4, 0.5) is 4.39 Å². The molecule has 0 spiro atoms. The molecule has 0 bridgehead atoms. The Morgan fingerprint density at radius 3 is 2.60 bits per heavy atom. The Hall–Kier alpha value is -1.29. The highest BCUT2D eigenvalue weighted by atomic mass is 35.5. The van der Waals surface area contributed by atoms with Gasteiger partial charge in [-0.3, -0.25) is 4.57 Å². The van der Waals surface area contributed by atoms with Crippen molar-refractivity contribution in [1.82, 2.24) is 9.55 Å². The van der Waals surface area contributed by atoms with Crippen molar-refractivity contribution in [3.8, 4) is 5.69 Å². The number of para-hydroxylation sites is 1. The second-order valence-electron chi connectivity index (χ2n) is 4.20. The lowest BCUT2D eigenvalue weighted by atomic mass is 10.2. The molecule has 0 radical (unpaired) electrons. The maximum absolute atomic E-state index is 13.3. The van der Waals surface area contributed by atoms with Gasteiger partial charge in [-0.2, -0.15) is 0 Å². The van der Waals surface area contributed by atoms with Crippen molar-refractivity contribution < 1.29 is 4.39 Å². The van der Waals surface area contributed by atoms with Gasteiger partial charge in [0.2, 0.25) is 0 Å². The van der Waals surface area contributed by atoms with Crippen molar-refractivity contribution in [2.24, 2.45) is 0 Å². The molecule has 1 heterocycles. The number of hydrogen-bond acceptors (Lipinski definition) is 1. The molecule has 0 atom stereocenters. The molecule has 0 unspecified atom stereocenters. The van der Waals surface area contributed by atoms with Crippen LogP contribution in [-0.4, -0.2) is 9.55 Å². The molecule has 2 aromatic carbocycles. The lowest BCUT2D eigenvalue weighted by Crippen LogP contribution is -2.00. The van der Waals surface area contributed by atoms with Gasteiger partial charge in [-0.05, 0) is 30.3 Å². The molecular formula is C14H8Cl3FN2. The number of rotatable bonds is 2. The zero-order chi connectivity index (χ0) is 14.3. The van der Waals surface area contributed by atoms with Crippen LogP contribution in [0.2, 0.25) is 10.0 Å². The highest BCUT2D eigenvalue weighted by Crippen LogP contribution is 2.30. The van der Waals surface area contributed by atoms with E-state index in [9.17, 15) is 4.39 Å². The largest absolute Gasteiger partial charge is 0.294 e. The molecule has 2 nitrogen and oxygen atoms in total. The van der Waals surface area contributed by atoms with E-state index in [-0.39, 0.29) is 10.9 Å². The molecular weight excluding hydrogens is 322 g/mol. The first-order chi connectivity index (χ1) is 9.61. The number of imidazole rings is 1. The van der Waals surface area contributed by atoms with Crippen molar-refractivity contribution in [1.29, 1.82) is 0 Å². The highest BCUT2D eigenvalue weighted by molar-refractivity contribution is 6.35. The van der Waals surface area contributed by atoms with Gasteiger partial charge in [-0.15, -0.1) is 11.6 Å². The van der Waals surface area contributed by atoms with E-state index in [0.29, 0.717) is 16.5 Å². The van der Waals surface area contributed by atoms with Gasteiger partial charge in [0.1, 0.15) is 11.6 Å². The lowest BCUT2D eigenvalue weighted by molar-refractivity contribution is 0.628. The van der Waals surface area contributed by atoms with E-state index in [1.165, 1.54) is 12.1 Å². The number of halogens is 4. The van der Waals surface area contributed by atoms with Crippen LogP contribution in [-0.2, 0) is 5.88 Å². The van der Waals surface area contributed by atoms with E-state index in [1.54, 1.807) is 16.7 Å². The van der Waals surface area contributed by atoms with Crippen LogP contribution in [0.5, 0.6) is 0 Å². The SMILES string of the molecule is Fc1ccc(-n2c(CCl)nc3cccc(Cl)c32)cc1Cl.